The number of carboxylic acid groups (broad SMARTS) is 1. The van der Waals surface area contributed by atoms with Crippen LogP contribution in [0.25, 0.3) is 21.8 Å². The predicted octanol–water partition coefficient (Wildman–Crippen LogP) is 5.02. The lowest BCUT2D eigenvalue weighted by atomic mass is 9.88. The Morgan fingerprint density at radius 2 is 1.78 bits per heavy atom. The number of carbonyl (C=O) groups is 2. The highest BCUT2D eigenvalue weighted by Crippen LogP contribution is 2.34. The lowest BCUT2D eigenvalue weighted by Gasteiger charge is -2.32. The van der Waals surface area contributed by atoms with E-state index in [0.717, 1.165) is 66.1 Å². The van der Waals surface area contributed by atoms with Crippen LogP contribution < -0.4 is 5.56 Å². The fraction of sp³-hybridized carbons (Fsp3) is 0.379. The second-order valence-corrected chi connectivity index (χ2v) is 10.5. The van der Waals surface area contributed by atoms with Crippen molar-refractivity contribution in [2.24, 2.45) is 0 Å². The Kier molecular flexibility index (Phi) is 5.82. The summed E-state index contributed by atoms with van der Waals surface area (Å²) in [5, 5.41) is 15.3. The number of H-pyrrole nitrogens is 1. The Balaban J connectivity index is 1.31. The van der Waals surface area contributed by atoms with E-state index in [2.05, 4.69) is 10.1 Å². The molecule has 0 bridgehead atoms. The first kappa shape index (κ1) is 23.5. The number of amides is 1. The standard InChI is InChI=1S/C29H30N4O4/c1-17-13-25-23(26-24(27(34)31-25)16-30-33(26)21-7-2-3-8-21)15-22(17)28(35)32-11-9-18(10-12-32)19-5-4-6-20(14-19)29(36)37/h4-6,13-16,18,21H,2-3,7-12H2,1H3,(H,31,34)(H,36,37). The minimum absolute atomic E-state index is 0.0107. The Bertz CT molecular complexity index is 1590. The van der Waals surface area contributed by atoms with E-state index in [1.165, 1.54) is 0 Å². The first-order chi connectivity index (χ1) is 17.9. The quantitative estimate of drug-likeness (QED) is 0.411. The summed E-state index contributed by atoms with van der Waals surface area (Å²) in [4.78, 5) is 42.7. The van der Waals surface area contributed by atoms with E-state index in [-0.39, 0.29) is 23.4 Å². The zero-order chi connectivity index (χ0) is 25.7. The lowest BCUT2D eigenvalue weighted by molar-refractivity contribution is 0.0695. The van der Waals surface area contributed by atoms with E-state index < -0.39 is 5.97 Å². The predicted molar refractivity (Wildman–Crippen MR) is 141 cm³/mol. The van der Waals surface area contributed by atoms with Crippen molar-refractivity contribution in [2.75, 3.05) is 13.1 Å². The summed E-state index contributed by atoms with van der Waals surface area (Å²) >= 11 is 0. The van der Waals surface area contributed by atoms with Crippen molar-refractivity contribution in [1.82, 2.24) is 19.7 Å². The fourth-order valence-electron chi connectivity index (χ4n) is 6.16. The molecule has 0 unspecified atom stereocenters. The van der Waals surface area contributed by atoms with Crippen LogP contribution in [0.2, 0.25) is 0 Å². The summed E-state index contributed by atoms with van der Waals surface area (Å²) in [6, 6.07) is 11.2. The van der Waals surface area contributed by atoms with Gasteiger partial charge < -0.3 is 15.0 Å². The number of aryl methyl sites for hydroxylation is 1. The number of rotatable bonds is 4. The number of pyridine rings is 1. The molecule has 1 saturated carbocycles. The number of benzene rings is 2. The van der Waals surface area contributed by atoms with Crippen LogP contribution >= 0.6 is 0 Å². The van der Waals surface area contributed by atoms with Crippen LogP contribution in [-0.2, 0) is 0 Å². The molecule has 4 aromatic rings. The normalized spacial score (nSPS) is 17.2. The zero-order valence-corrected chi connectivity index (χ0v) is 20.9. The van der Waals surface area contributed by atoms with E-state index in [9.17, 15) is 19.5 Å². The molecule has 2 aromatic heterocycles. The van der Waals surface area contributed by atoms with Gasteiger partial charge in [-0.25, -0.2) is 4.79 Å². The molecule has 8 nitrogen and oxygen atoms in total. The van der Waals surface area contributed by atoms with Crippen molar-refractivity contribution in [3.05, 3.63) is 75.2 Å². The van der Waals surface area contributed by atoms with E-state index in [1.54, 1.807) is 24.4 Å². The van der Waals surface area contributed by atoms with Gasteiger partial charge in [0.2, 0.25) is 0 Å². The van der Waals surface area contributed by atoms with Gasteiger partial charge in [-0.2, -0.15) is 5.10 Å². The highest BCUT2D eigenvalue weighted by atomic mass is 16.4. The summed E-state index contributed by atoms with van der Waals surface area (Å²) in [6.45, 7) is 3.13. The second-order valence-electron chi connectivity index (χ2n) is 10.5. The van der Waals surface area contributed by atoms with Crippen LogP contribution in [0.5, 0.6) is 0 Å². The molecule has 8 heteroatoms. The van der Waals surface area contributed by atoms with E-state index in [0.29, 0.717) is 29.6 Å². The summed E-state index contributed by atoms with van der Waals surface area (Å²) in [7, 11) is 0. The molecular formula is C29H30N4O4. The minimum Gasteiger partial charge on any atom is -0.478 e. The number of likely N-dealkylation sites (tertiary alicyclic amines) is 1. The van der Waals surface area contributed by atoms with E-state index in [4.69, 9.17) is 0 Å². The number of fused-ring (bicyclic) bond motifs is 3. The number of aromatic carboxylic acids is 1. The first-order valence-electron chi connectivity index (χ1n) is 13.1. The Morgan fingerprint density at radius 1 is 1.03 bits per heavy atom. The number of piperidine rings is 1. The number of hydrogen-bond donors (Lipinski definition) is 2. The fourth-order valence-corrected chi connectivity index (χ4v) is 6.16. The minimum atomic E-state index is -0.925. The van der Waals surface area contributed by atoms with Crippen LogP contribution in [0.4, 0.5) is 0 Å². The van der Waals surface area contributed by atoms with Gasteiger partial charge in [-0.3, -0.25) is 14.3 Å². The summed E-state index contributed by atoms with van der Waals surface area (Å²) in [5.41, 5.74) is 4.17. The Hall–Kier alpha value is -3.94. The maximum Gasteiger partial charge on any atom is 0.335 e. The van der Waals surface area contributed by atoms with Crippen molar-refractivity contribution in [3.8, 4) is 0 Å². The summed E-state index contributed by atoms with van der Waals surface area (Å²) < 4.78 is 2.00. The van der Waals surface area contributed by atoms with Gasteiger partial charge in [-0.05, 0) is 73.9 Å². The monoisotopic (exact) mass is 498 g/mol. The van der Waals surface area contributed by atoms with Gasteiger partial charge in [0.05, 0.1) is 34.2 Å². The molecule has 6 rings (SSSR count). The second kappa shape index (κ2) is 9.18. The Morgan fingerprint density at radius 3 is 2.51 bits per heavy atom. The number of nitrogens with zero attached hydrogens (tertiary/aromatic N) is 3. The van der Waals surface area contributed by atoms with Crippen molar-refractivity contribution < 1.29 is 14.7 Å². The van der Waals surface area contributed by atoms with E-state index >= 15 is 0 Å². The highest BCUT2D eigenvalue weighted by Gasteiger charge is 2.27. The topological polar surface area (TPSA) is 108 Å². The average Bonchev–Trinajstić information content (AvgIpc) is 3.59. The molecule has 2 aliphatic rings. The highest BCUT2D eigenvalue weighted by molar-refractivity contribution is 6.07. The van der Waals surface area contributed by atoms with Crippen molar-refractivity contribution in [3.63, 3.8) is 0 Å². The molecule has 0 spiro atoms. The molecule has 1 aliphatic heterocycles. The van der Waals surface area contributed by atoms with Gasteiger partial charge in [0.25, 0.3) is 11.5 Å². The number of aromatic amines is 1. The molecule has 1 amide bonds. The molecule has 1 aliphatic carbocycles. The molecule has 3 heterocycles. The van der Waals surface area contributed by atoms with Gasteiger partial charge in [-0.1, -0.05) is 25.0 Å². The van der Waals surface area contributed by atoms with Crippen molar-refractivity contribution in [1.29, 1.82) is 0 Å². The largest absolute Gasteiger partial charge is 0.478 e. The van der Waals surface area contributed by atoms with Crippen molar-refractivity contribution in [2.45, 2.75) is 57.4 Å². The Labute approximate surface area is 213 Å². The van der Waals surface area contributed by atoms with Gasteiger partial charge in [0.1, 0.15) is 0 Å². The number of carbonyl (C=O) groups excluding carboxylic acids is 1. The number of nitrogens with one attached hydrogen (secondary N) is 1. The molecule has 1 saturated heterocycles. The molecule has 0 radical (unpaired) electrons. The van der Waals surface area contributed by atoms with Gasteiger partial charge in [0, 0.05) is 24.0 Å². The molecular weight excluding hydrogens is 468 g/mol. The van der Waals surface area contributed by atoms with Gasteiger partial charge >= 0.3 is 5.97 Å². The molecule has 190 valence electrons. The maximum atomic E-state index is 13.7. The smallest absolute Gasteiger partial charge is 0.335 e. The zero-order valence-electron chi connectivity index (χ0n) is 20.9. The maximum absolute atomic E-state index is 13.7. The summed E-state index contributed by atoms with van der Waals surface area (Å²) in [6.07, 6.45) is 7.64. The van der Waals surface area contributed by atoms with Gasteiger partial charge in [-0.15, -0.1) is 0 Å². The number of carboxylic acids is 1. The average molecular weight is 499 g/mol. The van der Waals surface area contributed by atoms with Crippen molar-refractivity contribution >= 4 is 33.7 Å². The third-order valence-electron chi connectivity index (χ3n) is 8.20. The number of aromatic nitrogens is 3. The molecule has 2 aromatic carbocycles. The molecule has 0 atom stereocenters. The summed E-state index contributed by atoms with van der Waals surface area (Å²) in [5.74, 6) is -0.707. The third kappa shape index (κ3) is 4.10. The molecule has 37 heavy (non-hydrogen) atoms. The molecule has 2 fully saturated rings. The van der Waals surface area contributed by atoms with Crippen LogP contribution in [0.15, 0.2) is 47.4 Å². The third-order valence-corrected chi connectivity index (χ3v) is 8.20. The SMILES string of the molecule is Cc1cc2[nH]c(=O)c3cnn(C4CCCC4)c3c2cc1C(=O)N1CCC(c2cccc(C(=O)O)c2)CC1. The van der Waals surface area contributed by atoms with Crippen LogP contribution in [0.1, 0.15) is 82.3 Å². The van der Waals surface area contributed by atoms with Gasteiger partial charge in [0.15, 0.2) is 0 Å². The molecule has 2 N–H and O–H groups in total. The lowest BCUT2D eigenvalue weighted by Crippen LogP contribution is -2.38. The number of hydrogen-bond acceptors (Lipinski definition) is 4. The first-order valence-corrected chi connectivity index (χ1v) is 13.1. The van der Waals surface area contributed by atoms with Crippen LogP contribution in [0, 0.1) is 6.92 Å². The van der Waals surface area contributed by atoms with Crippen LogP contribution in [-0.4, -0.2) is 49.7 Å². The van der Waals surface area contributed by atoms with Crippen LogP contribution in [0.3, 0.4) is 0 Å². The van der Waals surface area contributed by atoms with E-state index in [1.807, 2.05) is 34.7 Å².